The average molecular weight is 262 g/mol. The molecule has 0 aliphatic rings. The van der Waals surface area contributed by atoms with E-state index in [0.29, 0.717) is 0 Å². The summed E-state index contributed by atoms with van der Waals surface area (Å²) >= 11 is 0. The Labute approximate surface area is 97.7 Å². The highest BCUT2D eigenvalue weighted by molar-refractivity contribution is 7.89. The Hall–Kier alpha value is -1.51. The van der Waals surface area contributed by atoms with Crippen LogP contribution in [0.3, 0.4) is 0 Å². The van der Waals surface area contributed by atoms with Crippen LogP contribution in [0.25, 0.3) is 0 Å². The lowest BCUT2D eigenvalue weighted by Gasteiger charge is -2.12. The van der Waals surface area contributed by atoms with Crippen molar-refractivity contribution >= 4 is 16.0 Å². The second kappa shape index (κ2) is 4.78. The molecule has 17 heavy (non-hydrogen) atoms. The minimum Gasteiger partial charge on any atom is -0.478 e. The average Bonchev–Trinajstić information content (AvgIpc) is 2.15. The summed E-state index contributed by atoms with van der Waals surface area (Å²) in [7, 11) is -0.971. The van der Waals surface area contributed by atoms with Crippen LogP contribution < -0.4 is 4.83 Å². The van der Waals surface area contributed by atoms with E-state index in [9.17, 15) is 17.6 Å². The monoisotopic (exact) mass is 262 g/mol. The molecule has 0 atom stereocenters. The number of nitrogens with one attached hydrogen (secondary N) is 1. The number of hydrogen-bond donors (Lipinski definition) is 2. The number of rotatable bonds is 4. The van der Waals surface area contributed by atoms with Crippen molar-refractivity contribution in [1.29, 1.82) is 0 Å². The Kier molecular flexibility index (Phi) is 3.81. The normalized spacial score (nSPS) is 11.8. The van der Waals surface area contributed by atoms with Gasteiger partial charge in [0.2, 0.25) is 0 Å². The molecule has 1 rings (SSSR count). The summed E-state index contributed by atoms with van der Waals surface area (Å²) in [5.74, 6) is -2.51. The van der Waals surface area contributed by atoms with Gasteiger partial charge in [-0.25, -0.2) is 22.6 Å². The molecule has 0 spiro atoms. The van der Waals surface area contributed by atoms with Crippen molar-refractivity contribution in [3.05, 3.63) is 29.6 Å². The predicted molar refractivity (Wildman–Crippen MR) is 57.4 cm³/mol. The molecule has 1 aromatic carbocycles. The summed E-state index contributed by atoms with van der Waals surface area (Å²) in [5, 5.41) is 9.85. The Bertz CT molecular complexity index is 542. The van der Waals surface area contributed by atoms with Crippen LogP contribution in [-0.4, -0.2) is 38.6 Å². The van der Waals surface area contributed by atoms with E-state index in [1.807, 2.05) is 0 Å². The molecule has 0 heterocycles. The summed E-state index contributed by atoms with van der Waals surface area (Å²) in [4.78, 5) is 12.5. The smallest absolute Gasteiger partial charge is 0.338 e. The molecule has 0 saturated carbocycles. The largest absolute Gasteiger partial charge is 0.478 e. The van der Waals surface area contributed by atoms with Gasteiger partial charge in [-0.05, 0) is 18.2 Å². The van der Waals surface area contributed by atoms with E-state index >= 15 is 0 Å². The molecular weight excluding hydrogens is 251 g/mol. The number of carbonyl (C=O) groups is 1. The zero-order valence-electron chi connectivity index (χ0n) is 9.14. The fourth-order valence-electron chi connectivity index (χ4n) is 1.13. The molecule has 94 valence electrons. The maximum absolute atomic E-state index is 13.1. The predicted octanol–water partition coefficient (Wildman–Crippen LogP) is 0.279. The molecular formula is C9H11FN2O4S. The van der Waals surface area contributed by atoms with Gasteiger partial charge < -0.3 is 5.11 Å². The first-order chi connectivity index (χ1) is 7.74. The van der Waals surface area contributed by atoms with Gasteiger partial charge in [0.05, 0.1) is 10.5 Å². The first-order valence-electron chi connectivity index (χ1n) is 4.46. The van der Waals surface area contributed by atoms with Gasteiger partial charge in [0.25, 0.3) is 10.0 Å². The number of sulfonamides is 1. The van der Waals surface area contributed by atoms with Crippen molar-refractivity contribution in [3.8, 4) is 0 Å². The van der Waals surface area contributed by atoms with Crippen LogP contribution in [-0.2, 0) is 10.0 Å². The molecule has 8 heteroatoms. The number of nitrogens with zero attached hydrogens (tertiary/aromatic N) is 1. The zero-order chi connectivity index (χ0) is 13.2. The number of carboxylic acid groups (broad SMARTS) is 1. The van der Waals surface area contributed by atoms with Gasteiger partial charge in [-0.2, -0.15) is 0 Å². The molecule has 0 unspecified atom stereocenters. The van der Waals surface area contributed by atoms with E-state index in [0.717, 1.165) is 18.2 Å². The summed E-state index contributed by atoms with van der Waals surface area (Å²) in [6.45, 7) is 0. The van der Waals surface area contributed by atoms with E-state index in [1.165, 1.54) is 19.1 Å². The maximum atomic E-state index is 13.1. The maximum Gasteiger partial charge on any atom is 0.338 e. The lowest BCUT2D eigenvalue weighted by atomic mass is 10.2. The lowest BCUT2D eigenvalue weighted by molar-refractivity contribution is 0.0691. The third-order valence-electron chi connectivity index (χ3n) is 1.78. The SMILES string of the molecule is CN(C)NS(=O)(=O)c1ccc(F)c(C(=O)O)c1. The molecule has 0 radical (unpaired) electrons. The molecule has 6 nitrogen and oxygen atoms in total. The highest BCUT2D eigenvalue weighted by Gasteiger charge is 2.19. The Balaban J connectivity index is 3.25. The van der Waals surface area contributed by atoms with E-state index < -0.39 is 27.4 Å². The molecule has 0 aromatic heterocycles. The van der Waals surface area contributed by atoms with E-state index in [2.05, 4.69) is 4.83 Å². The Morgan fingerprint density at radius 3 is 2.47 bits per heavy atom. The quantitative estimate of drug-likeness (QED) is 0.761. The van der Waals surface area contributed by atoms with Crippen molar-refractivity contribution in [1.82, 2.24) is 9.84 Å². The number of halogens is 1. The molecule has 0 saturated heterocycles. The van der Waals surface area contributed by atoms with Gasteiger partial charge >= 0.3 is 5.97 Å². The minimum atomic E-state index is -3.89. The zero-order valence-corrected chi connectivity index (χ0v) is 9.95. The molecule has 0 fully saturated rings. The molecule has 0 aliphatic heterocycles. The molecule has 0 aliphatic carbocycles. The Morgan fingerprint density at radius 2 is 2.00 bits per heavy atom. The van der Waals surface area contributed by atoms with Crippen molar-refractivity contribution < 1.29 is 22.7 Å². The fraction of sp³-hybridized carbons (Fsp3) is 0.222. The summed E-state index contributed by atoms with van der Waals surface area (Å²) < 4.78 is 36.4. The van der Waals surface area contributed by atoms with Crippen LogP contribution in [0, 0.1) is 5.82 Å². The van der Waals surface area contributed by atoms with E-state index in [4.69, 9.17) is 5.11 Å². The summed E-state index contributed by atoms with van der Waals surface area (Å²) in [5.41, 5.74) is -0.688. The van der Waals surface area contributed by atoms with Gasteiger partial charge in [0, 0.05) is 14.1 Å². The van der Waals surface area contributed by atoms with Crippen LogP contribution in [0.4, 0.5) is 4.39 Å². The van der Waals surface area contributed by atoms with Gasteiger partial charge in [-0.3, -0.25) is 0 Å². The molecule has 2 N–H and O–H groups in total. The molecule has 0 bridgehead atoms. The van der Waals surface area contributed by atoms with Gasteiger partial charge in [-0.15, -0.1) is 4.83 Å². The number of benzene rings is 1. The van der Waals surface area contributed by atoms with Crippen molar-refractivity contribution in [2.24, 2.45) is 0 Å². The van der Waals surface area contributed by atoms with Gasteiger partial charge in [0.15, 0.2) is 0 Å². The third-order valence-corrected chi connectivity index (χ3v) is 3.26. The van der Waals surface area contributed by atoms with Gasteiger partial charge in [-0.1, -0.05) is 0 Å². The summed E-state index contributed by atoms with van der Waals surface area (Å²) in [6, 6.07) is 2.56. The second-order valence-electron chi connectivity index (χ2n) is 3.44. The highest BCUT2D eigenvalue weighted by Crippen LogP contribution is 2.15. The third kappa shape index (κ3) is 3.22. The van der Waals surface area contributed by atoms with Crippen molar-refractivity contribution in [2.75, 3.05) is 14.1 Å². The summed E-state index contributed by atoms with van der Waals surface area (Å²) in [6.07, 6.45) is 0. The lowest BCUT2D eigenvalue weighted by Crippen LogP contribution is -2.36. The Morgan fingerprint density at radius 1 is 1.41 bits per heavy atom. The first-order valence-corrected chi connectivity index (χ1v) is 5.95. The van der Waals surface area contributed by atoms with E-state index in [1.54, 1.807) is 0 Å². The van der Waals surface area contributed by atoms with Crippen LogP contribution >= 0.6 is 0 Å². The second-order valence-corrected chi connectivity index (χ2v) is 5.10. The van der Waals surface area contributed by atoms with Crippen LogP contribution in [0.1, 0.15) is 10.4 Å². The number of carboxylic acids is 1. The van der Waals surface area contributed by atoms with Crippen molar-refractivity contribution in [3.63, 3.8) is 0 Å². The fourth-order valence-corrected chi connectivity index (χ4v) is 2.23. The molecule has 1 aromatic rings. The minimum absolute atomic E-state index is 0.315. The molecule has 0 amide bonds. The number of aromatic carboxylic acids is 1. The highest BCUT2D eigenvalue weighted by atomic mass is 32.2. The van der Waals surface area contributed by atoms with Crippen molar-refractivity contribution in [2.45, 2.75) is 4.90 Å². The standard InChI is InChI=1S/C9H11FN2O4S/c1-12(2)11-17(15,16)6-3-4-8(10)7(5-6)9(13)14/h3-5,11H,1-2H3,(H,13,14). The van der Waals surface area contributed by atoms with Gasteiger partial charge in [0.1, 0.15) is 5.82 Å². The topological polar surface area (TPSA) is 86.7 Å². The van der Waals surface area contributed by atoms with E-state index in [-0.39, 0.29) is 4.90 Å². The number of hydrogen-bond acceptors (Lipinski definition) is 4. The van der Waals surface area contributed by atoms with Crippen LogP contribution in [0.2, 0.25) is 0 Å². The number of hydrazine groups is 1. The first kappa shape index (κ1) is 13.6. The van der Waals surface area contributed by atoms with Crippen LogP contribution in [0.15, 0.2) is 23.1 Å². The van der Waals surface area contributed by atoms with Crippen LogP contribution in [0.5, 0.6) is 0 Å².